The first kappa shape index (κ1) is 21.8. The van der Waals surface area contributed by atoms with Gasteiger partial charge in [0.05, 0.1) is 17.1 Å². The van der Waals surface area contributed by atoms with Gasteiger partial charge in [-0.3, -0.25) is 13.9 Å². The predicted molar refractivity (Wildman–Crippen MR) is 125 cm³/mol. The van der Waals surface area contributed by atoms with Crippen molar-refractivity contribution in [2.24, 2.45) is 14.1 Å². The Morgan fingerprint density at radius 1 is 1.03 bits per heavy atom. The molecule has 0 aliphatic carbocycles. The van der Waals surface area contributed by atoms with Gasteiger partial charge in [0, 0.05) is 24.3 Å². The minimum atomic E-state index is -0.687. The fourth-order valence-corrected chi connectivity index (χ4v) is 4.21. The van der Waals surface area contributed by atoms with E-state index >= 15 is 0 Å². The molecule has 0 radical (unpaired) electrons. The Morgan fingerprint density at radius 3 is 2.34 bits per heavy atom. The van der Waals surface area contributed by atoms with Gasteiger partial charge >= 0.3 is 11.7 Å². The number of halogens is 1. The standard InChI is InChI=1S/C24H22BrN3O4/c1-14-18(23(30)32-13-15-7-5-4-6-8-15)19(16-9-11-17(25)12-10-16)20-21(26-14)27(2)24(31)28(3)22(20)29/h4-12,19,26H,13H2,1-3H3. The number of nitrogens with one attached hydrogen (secondary N) is 1. The zero-order valence-electron chi connectivity index (χ0n) is 17.9. The molecule has 1 aliphatic rings. The number of carbonyl (C=O) groups is 1. The number of ether oxygens (including phenoxy) is 1. The van der Waals surface area contributed by atoms with E-state index in [4.69, 9.17) is 4.74 Å². The van der Waals surface area contributed by atoms with Crippen LogP contribution in [0.3, 0.4) is 0 Å². The van der Waals surface area contributed by atoms with Gasteiger partial charge in [-0.15, -0.1) is 0 Å². The van der Waals surface area contributed by atoms with Gasteiger partial charge in [0.2, 0.25) is 0 Å². The van der Waals surface area contributed by atoms with Crippen molar-refractivity contribution >= 4 is 27.7 Å². The Morgan fingerprint density at radius 2 is 1.69 bits per heavy atom. The molecule has 8 heteroatoms. The van der Waals surface area contributed by atoms with E-state index in [-0.39, 0.29) is 6.61 Å². The van der Waals surface area contributed by atoms with Crippen LogP contribution < -0.4 is 16.6 Å². The number of nitrogens with zero attached hydrogens (tertiary/aromatic N) is 2. The molecule has 32 heavy (non-hydrogen) atoms. The van der Waals surface area contributed by atoms with Crippen LogP contribution in [0.5, 0.6) is 0 Å². The minimum Gasteiger partial charge on any atom is -0.457 e. The Bertz CT molecular complexity index is 1340. The van der Waals surface area contributed by atoms with Gasteiger partial charge in [-0.1, -0.05) is 58.4 Å². The average Bonchev–Trinajstić information content (AvgIpc) is 2.80. The molecule has 164 valence electrons. The zero-order chi connectivity index (χ0) is 23.0. The van der Waals surface area contributed by atoms with Crippen LogP contribution in [0.15, 0.2) is 79.9 Å². The molecular formula is C24H22BrN3O4. The van der Waals surface area contributed by atoms with Crippen LogP contribution in [0.25, 0.3) is 0 Å². The second-order valence-electron chi connectivity index (χ2n) is 7.68. The molecule has 1 N–H and O–H groups in total. The number of fused-ring (bicyclic) bond motifs is 1. The van der Waals surface area contributed by atoms with Crippen molar-refractivity contribution in [2.75, 3.05) is 5.32 Å². The molecule has 7 nitrogen and oxygen atoms in total. The summed E-state index contributed by atoms with van der Waals surface area (Å²) in [6.45, 7) is 1.86. The van der Waals surface area contributed by atoms with Crippen molar-refractivity contribution in [3.05, 3.63) is 108 Å². The monoisotopic (exact) mass is 495 g/mol. The summed E-state index contributed by atoms with van der Waals surface area (Å²) in [5.74, 6) is -0.829. The summed E-state index contributed by atoms with van der Waals surface area (Å²) in [4.78, 5) is 39.0. The number of esters is 1. The number of hydrogen-bond acceptors (Lipinski definition) is 5. The lowest BCUT2D eigenvalue weighted by atomic mass is 9.82. The van der Waals surface area contributed by atoms with E-state index in [1.54, 1.807) is 14.0 Å². The van der Waals surface area contributed by atoms with Gasteiger partial charge in [-0.25, -0.2) is 9.59 Å². The van der Waals surface area contributed by atoms with Gasteiger partial charge in [0.25, 0.3) is 5.56 Å². The van der Waals surface area contributed by atoms with Crippen molar-refractivity contribution in [1.29, 1.82) is 0 Å². The molecule has 2 heterocycles. The maximum atomic E-state index is 13.3. The van der Waals surface area contributed by atoms with Crippen LogP contribution in [-0.4, -0.2) is 15.1 Å². The smallest absolute Gasteiger partial charge is 0.337 e. The fraction of sp³-hybridized carbons (Fsp3) is 0.208. The number of aromatic nitrogens is 2. The van der Waals surface area contributed by atoms with Crippen molar-refractivity contribution in [3.63, 3.8) is 0 Å². The van der Waals surface area contributed by atoms with Crippen molar-refractivity contribution < 1.29 is 9.53 Å². The fourth-order valence-electron chi connectivity index (χ4n) is 3.95. The summed E-state index contributed by atoms with van der Waals surface area (Å²) in [7, 11) is 3.03. The first-order valence-electron chi connectivity index (χ1n) is 10.0. The van der Waals surface area contributed by atoms with Gasteiger partial charge in [0.15, 0.2) is 0 Å². The predicted octanol–water partition coefficient (Wildman–Crippen LogP) is 3.42. The maximum Gasteiger partial charge on any atom is 0.337 e. The molecule has 0 bridgehead atoms. The Kier molecular flexibility index (Phi) is 5.88. The number of benzene rings is 2. The lowest BCUT2D eigenvalue weighted by molar-refractivity contribution is -0.140. The molecule has 0 saturated carbocycles. The molecule has 0 spiro atoms. The summed E-state index contributed by atoms with van der Waals surface area (Å²) in [5.41, 5.74) is 1.91. The molecule has 2 aromatic carbocycles. The summed E-state index contributed by atoms with van der Waals surface area (Å²) >= 11 is 3.43. The molecule has 4 rings (SSSR count). The van der Waals surface area contributed by atoms with E-state index in [1.807, 2.05) is 54.6 Å². The Balaban J connectivity index is 1.86. The van der Waals surface area contributed by atoms with Crippen LogP contribution in [0, 0.1) is 0 Å². The number of hydrogen-bond donors (Lipinski definition) is 1. The number of rotatable bonds is 4. The lowest BCUT2D eigenvalue weighted by Crippen LogP contribution is -2.43. The summed E-state index contributed by atoms with van der Waals surface area (Å²) in [6, 6.07) is 16.8. The third kappa shape index (κ3) is 3.82. The number of carbonyl (C=O) groups excluding carboxylic acids is 1. The Labute approximate surface area is 193 Å². The highest BCUT2D eigenvalue weighted by molar-refractivity contribution is 9.10. The van der Waals surface area contributed by atoms with E-state index in [1.165, 1.54) is 11.6 Å². The number of anilines is 1. The molecular weight excluding hydrogens is 474 g/mol. The van der Waals surface area contributed by atoms with Crippen LogP contribution in [-0.2, 0) is 30.2 Å². The highest BCUT2D eigenvalue weighted by Crippen LogP contribution is 2.40. The highest BCUT2D eigenvalue weighted by Gasteiger charge is 2.37. The molecule has 1 unspecified atom stereocenters. The molecule has 0 fully saturated rings. The van der Waals surface area contributed by atoms with Crippen LogP contribution in [0.4, 0.5) is 5.82 Å². The largest absolute Gasteiger partial charge is 0.457 e. The number of allylic oxidation sites excluding steroid dienone is 1. The van der Waals surface area contributed by atoms with E-state index in [9.17, 15) is 14.4 Å². The van der Waals surface area contributed by atoms with Gasteiger partial charge in [-0.2, -0.15) is 0 Å². The first-order valence-corrected chi connectivity index (χ1v) is 10.8. The summed E-state index contributed by atoms with van der Waals surface area (Å²) < 4.78 is 8.94. The lowest BCUT2D eigenvalue weighted by Gasteiger charge is -2.30. The average molecular weight is 496 g/mol. The second-order valence-corrected chi connectivity index (χ2v) is 8.59. The SMILES string of the molecule is CC1=C(C(=O)OCc2ccccc2)C(c2ccc(Br)cc2)c2c(n(C)c(=O)n(C)c2=O)N1. The molecule has 0 saturated heterocycles. The van der Waals surface area contributed by atoms with Gasteiger partial charge < -0.3 is 10.1 Å². The third-order valence-electron chi connectivity index (χ3n) is 5.62. The van der Waals surface area contributed by atoms with Gasteiger partial charge in [-0.05, 0) is 30.2 Å². The van der Waals surface area contributed by atoms with E-state index in [0.29, 0.717) is 22.7 Å². The second kappa shape index (κ2) is 8.63. The van der Waals surface area contributed by atoms with Gasteiger partial charge in [0.1, 0.15) is 12.4 Å². The van der Waals surface area contributed by atoms with E-state index < -0.39 is 23.1 Å². The summed E-state index contributed by atoms with van der Waals surface area (Å²) in [5, 5.41) is 3.10. The zero-order valence-corrected chi connectivity index (χ0v) is 19.5. The van der Waals surface area contributed by atoms with Crippen LogP contribution in [0.2, 0.25) is 0 Å². The van der Waals surface area contributed by atoms with E-state index in [2.05, 4.69) is 21.2 Å². The highest BCUT2D eigenvalue weighted by atomic mass is 79.9. The summed E-state index contributed by atoms with van der Waals surface area (Å²) in [6.07, 6.45) is 0. The topological polar surface area (TPSA) is 82.3 Å². The minimum absolute atomic E-state index is 0.113. The molecule has 3 aromatic rings. The van der Waals surface area contributed by atoms with E-state index in [0.717, 1.165) is 20.2 Å². The molecule has 0 amide bonds. The first-order chi connectivity index (χ1) is 15.3. The quantitative estimate of drug-likeness (QED) is 0.560. The Hall–Kier alpha value is -3.39. The van der Waals surface area contributed by atoms with Crippen LogP contribution in [0.1, 0.15) is 29.5 Å². The van der Waals surface area contributed by atoms with Crippen molar-refractivity contribution in [2.45, 2.75) is 19.4 Å². The molecule has 1 aromatic heterocycles. The maximum absolute atomic E-state index is 13.3. The van der Waals surface area contributed by atoms with Crippen molar-refractivity contribution in [3.8, 4) is 0 Å². The molecule has 1 aliphatic heterocycles. The molecule has 1 atom stereocenters. The normalized spacial score (nSPS) is 15.2. The van der Waals surface area contributed by atoms with Crippen molar-refractivity contribution in [1.82, 2.24) is 9.13 Å². The third-order valence-corrected chi connectivity index (χ3v) is 6.15. The van der Waals surface area contributed by atoms with Crippen LogP contribution >= 0.6 is 15.9 Å².